The van der Waals surface area contributed by atoms with Gasteiger partial charge >= 0.3 is 0 Å². The van der Waals surface area contributed by atoms with Gasteiger partial charge in [0.05, 0.1) is 12.2 Å². The fourth-order valence-corrected chi connectivity index (χ4v) is 3.34. The first-order valence-electron chi connectivity index (χ1n) is 7.49. The van der Waals surface area contributed by atoms with E-state index in [1.54, 1.807) is 0 Å². The molecule has 1 N–H and O–H groups in total. The normalized spacial score (nSPS) is 26.5. The molecule has 1 aromatic carbocycles. The van der Waals surface area contributed by atoms with E-state index in [1.807, 2.05) is 7.05 Å². The van der Waals surface area contributed by atoms with Gasteiger partial charge in [0.25, 0.3) is 0 Å². The molecular weight excluding hydrogens is 236 g/mol. The zero-order valence-electron chi connectivity index (χ0n) is 11.8. The molecule has 0 saturated carbocycles. The maximum atomic E-state index is 6.12. The lowest BCUT2D eigenvalue weighted by Gasteiger charge is -2.33. The number of nitrogens with one attached hydrogen (secondary N) is 1. The van der Waals surface area contributed by atoms with Crippen molar-refractivity contribution in [2.45, 2.75) is 37.9 Å². The number of hydrogen-bond acceptors (Lipinski definition) is 3. The van der Waals surface area contributed by atoms with Crippen molar-refractivity contribution in [3.63, 3.8) is 0 Å². The molecule has 1 aromatic rings. The van der Waals surface area contributed by atoms with E-state index in [2.05, 4.69) is 34.5 Å². The van der Waals surface area contributed by atoms with Gasteiger partial charge in [-0.1, -0.05) is 18.2 Å². The van der Waals surface area contributed by atoms with E-state index in [-0.39, 0.29) is 0 Å². The smallest absolute Gasteiger partial charge is 0.0755 e. The first-order valence-corrected chi connectivity index (χ1v) is 7.49. The molecule has 19 heavy (non-hydrogen) atoms. The highest BCUT2D eigenvalue weighted by Gasteiger charge is 2.27. The largest absolute Gasteiger partial charge is 0.372 e. The van der Waals surface area contributed by atoms with E-state index in [0.29, 0.717) is 12.2 Å². The number of hydrogen-bond donors (Lipinski definition) is 1. The molecule has 0 radical (unpaired) electrons. The maximum absolute atomic E-state index is 6.12. The number of fused-ring (bicyclic) bond motifs is 1. The van der Waals surface area contributed by atoms with Crippen molar-refractivity contribution >= 4 is 5.69 Å². The van der Waals surface area contributed by atoms with Crippen LogP contribution >= 0.6 is 0 Å². The van der Waals surface area contributed by atoms with Crippen LogP contribution in [0.15, 0.2) is 24.3 Å². The molecule has 3 heteroatoms. The topological polar surface area (TPSA) is 24.5 Å². The van der Waals surface area contributed by atoms with Crippen LogP contribution in [0.4, 0.5) is 5.69 Å². The van der Waals surface area contributed by atoms with Crippen LogP contribution < -0.4 is 10.2 Å². The summed E-state index contributed by atoms with van der Waals surface area (Å²) in [7, 11) is 2.00. The van der Waals surface area contributed by atoms with Gasteiger partial charge in [-0.2, -0.15) is 0 Å². The second-order valence-corrected chi connectivity index (χ2v) is 5.69. The Balaban J connectivity index is 1.62. The second kappa shape index (κ2) is 5.93. The second-order valence-electron chi connectivity index (χ2n) is 5.69. The minimum Gasteiger partial charge on any atom is -0.372 e. The number of ether oxygens (including phenoxy) is 1. The van der Waals surface area contributed by atoms with Gasteiger partial charge in [0.15, 0.2) is 0 Å². The van der Waals surface area contributed by atoms with Crippen LogP contribution in [-0.2, 0) is 11.2 Å². The Kier molecular flexibility index (Phi) is 4.04. The molecule has 0 aliphatic carbocycles. The number of anilines is 1. The molecule has 1 saturated heterocycles. The van der Waals surface area contributed by atoms with Crippen LogP contribution in [0.3, 0.4) is 0 Å². The van der Waals surface area contributed by atoms with Crippen molar-refractivity contribution in [2.24, 2.45) is 0 Å². The Morgan fingerprint density at radius 2 is 2.11 bits per heavy atom. The van der Waals surface area contributed by atoms with Crippen LogP contribution in [0, 0.1) is 0 Å². The monoisotopic (exact) mass is 260 g/mol. The third kappa shape index (κ3) is 2.93. The van der Waals surface area contributed by atoms with Crippen molar-refractivity contribution in [3.05, 3.63) is 29.8 Å². The Morgan fingerprint density at radius 3 is 3.00 bits per heavy atom. The third-order valence-corrected chi connectivity index (χ3v) is 4.26. The average molecular weight is 260 g/mol. The molecule has 2 unspecified atom stereocenters. The fraction of sp³-hybridized carbons (Fsp3) is 0.625. The number of rotatable bonds is 4. The number of aryl methyl sites for hydroxylation is 1. The minimum atomic E-state index is 0.407. The highest BCUT2D eigenvalue weighted by Crippen LogP contribution is 2.29. The van der Waals surface area contributed by atoms with Crippen molar-refractivity contribution in [1.82, 2.24) is 5.32 Å². The lowest BCUT2D eigenvalue weighted by Crippen LogP contribution is -2.36. The first kappa shape index (κ1) is 12.9. The Hall–Kier alpha value is -1.06. The van der Waals surface area contributed by atoms with Crippen LogP contribution in [0.1, 0.15) is 24.8 Å². The predicted molar refractivity (Wildman–Crippen MR) is 78.8 cm³/mol. The quantitative estimate of drug-likeness (QED) is 0.898. The summed E-state index contributed by atoms with van der Waals surface area (Å²) in [6.07, 6.45) is 5.70. The summed E-state index contributed by atoms with van der Waals surface area (Å²) in [5.41, 5.74) is 2.92. The Bertz CT molecular complexity index is 421. The molecule has 0 amide bonds. The molecule has 1 fully saturated rings. The summed E-state index contributed by atoms with van der Waals surface area (Å²) in [5.74, 6) is 0. The summed E-state index contributed by atoms with van der Waals surface area (Å²) >= 11 is 0. The zero-order chi connectivity index (χ0) is 13.1. The lowest BCUT2D eigenvalue weighted by atomic mass is 10.0. The van der Waals surface area contributed by atoms with Gasteiger partial charge in [-0.25, -0.2) is 0 Å². The highest BCUT2D eigenvalue weighted by atomic mass is 16.5. The van der Waals surface area contributed by atoms with Crippen molar-refractivity contribution < 1.29 is 4.74 Å². The minimum absolute atomic E-state index is 0.407. The number of benzene rings is 1. The van der Waals surface area contributed by atoms with E-state index in [4.69, 9.17) is 4.74 Å². The molecule has 2 aliphatic heterocycles. The van der Waals surface area contributed by atoms with Gasteiger partial charge in [0.1, 0.15) is 0 Å². The fourth-order valence-electron chi connectivity index (χ4n) is 3.34. The third-order valence-electron chi connectivity index (χ3n) is 4.26. The SMILES string of the molecule is CNCC1CCC(CN2CCCc3ccccc32)O1. The van der Waals surface area contributed by atoms with Gasteiger partial charge in [0, 0.05) is 25.3 Å². The summed E-state index contributed by atoms with van der Waals surface area (Å²) in [6, 6.07) is 8.82. The van der Waals surface area contributed by atoms with Crippen LogP contribution in [0.5, 0.6) is 0 Å². The average Bonchev–Trinajstić information content (AvgIpc) is 2.87. The van der Waals surface area contributed by atoms with E-state index >= 15 is 0 Å². The van der Waals surface area contributed by atoms with Crippen molar-refractivity contribution in [1.29, 1.82) is 0 Å². The molecule has 2 aliphatic rings. The Labute approximate surface area is 115 Å². The van der Waals surface area contributed by atoms with Crippen LogP contribution in [0.2, 0.25) is 0 Å². The standard InChI is InChI=1S/C16H24N2O/c1-17-11-14-8-9-15(19-14)12-18-10-4-6-13-5-2-3-7-16(13)18/h2-3,5,7,14-15,17H,4,6,8-12H2,1H3. The van der Waals surface area contributed by atoms with Gasteiger partial charge in [0.2, 0.25) is 0 Å². The summed E-state index contributed by atoms with van der Waals surface area (Å²) < 4.78 is 6.12. The molecule has 3 nitrogen and oxygen atoms in total. The molecule has 0 aromatic heterocycles. The van der Waals surface area contributed by atoms with Gasteiger partial charge in [-0.15, -0.1) is 0 Å². The zero-order valence-corrected chi connectivity index (χ0v) is 11.8. The van der Waals surface area contributed by atoms with Gasteiger partial charge in [-0.3, -0.25) is 0 Å². The molecule has 0 bridgehead atoms. The van der Waals surface area contributed by atoms with E-state index < -0.39 is 0 Å². The van der Waals surface area contributed by atoms with Gasteiger partial charge < -0.3 is 15.0 Å². The molecule has 2 atom stereocenters. The van der Waals surface area contributed by atoms with Crippen molar-refractivity contribution in [2.75, 3.05) is 31.6 Å². The van der Waals surface area contributed by atoms with Crippen molar-refractivity contribution in [3.8, 4) is 0 Å². The molecule has 0 spiro atoms. The number of nitrogens with zero attached hydrogens (tertiary/aromatic N) is 1. The molecule has 2 heterocycles. The summed E-state index contributed by atoms with van der Waals surface area (Å²) in [5, 5.41) is 3.21. The van der Waals surface area contributed by atoms with Gasteiger partial charge in [-0.05, 0) is 44.4 Å². The van der Waals surface area contributed by atoms with E-state index in [9.17, 15) is 0 Å². The summed E-state index contributed by atoms with van der Waals surface area (Å²) in [6.45, 7) is 3.21. The van der Waals surface area contributed by atoms with E-state index in [0.717, 1.165) is 13.1 Å². The highest BCUT2D eigenvalue weighted by molar-refractivity contribution is 5.55. The predicted octanol–water partition coefficient (Wildman–Crippen LogP) is 2.21. The first-order chi connectivity index (χ1) is 9.36. The van der Waals surface area contributed by atoms with E-state index in [1.165, 1.54) is 43.5 Å². The number of likely N-dealkylation sites (N-methyl/N-ethyl adjacent to an activating group) is 1. The molecule has 104 valence electrons. The van der Waals surface area contributed by atoms with Crippen LogP contribution in [0.25, 0.3) is 0 Å². The maximum Gasteiger partial charge on any atom is 0.0755 e. The van der Waals surface area contributed by atoms with Crippen LogP contribution in [-0.4, -0.2) is 38.9 Å². The molecular formula is C16H24N2O. The number of para-hydroxylation sites is 1. The Morgan fingerprint density at radius 1 is 1.26 bits per heavy atom. The summed E-state index contributed by atoms with van der Waals surface area (Å²) in [4.78, 5) is 2.52. The molecule has 3 rings (SSSR count). The lowest BCUT2D eigenvalue weighted by molar-refractivity contribution is 0.0503.